The number of nitrogens with zero attached hydrogens (tertiary/aromatic N) is 1. The fraction of sp³-hybridized carbons (Fsp3) is 0.571. The zero-order chi connectivity index (χ0) is 14.8. The lowest BCUT2D eigenvalue weighted by Gasteiger charge is -2.09. The van der Waals surface area contributed by atoms with Gasteiger partial charge in [-0.2, -0.15) is 0 Å². The fourth-order valence-electron chi connectivity index (χ4n) is 1.61. The highest BCUT2D eigenvalue weighted by atomic mass is 16.5. The van der Waals surface area contributed by atoms with Crippen molar-refractivity contribution in [3.05, 3.63) is 23.4 Å². The van der Waals surface area contributed by atoms with Crippen LogP contribution in [0.4, 0.5) is 5.82 Å². The van der Waals surface area contributed by atoms with Crippen LogP contribution in [-0.4, -0.2) is 51.4 Å². The Morgan fingerprint density at radius 3 is 2.75 bits per heavy atom. The zero-order valence-electron chi connectivity index (χ0n) is 12.4. The van der Waals surface area contributed by atoms with E-state index in [1.807, 2.05) is 13.0 Å². The largest absolute Gasteiger partial charge is 0.382 e. The molecule has 0 aromatic carbocycles. The van der Waals surface area contributed by atoms with Crippen LogP contribution in [0.3, 0.4) is 0 Å². The number of ether oxygens (including phenoxy) is 2. The molecule has 112 valence electrons. The summed E-state index contributed by atoms with van der Waals surface area (Å²) in [5.41, 5.74) is 1.50. The Bertz CT molecular complexity index is 402. The van der Waals surface area contributed by atoms with E-state index in [4.69, 9.17) is 9.47 Å². The van der Waals surface area contributed by atoms with Gasteiger partial charge < -0.3 is 20.1 Å². The molecule has 0 atom stereocenters. The van der Waals surface area contributed by atoms with E-state index in [1.54, 1.807) is 20.2 Å². The average Bonchev–Trinajstić information content (AvgIpc) is 2.49. The molecule has 1 aromatic heterocycles. The van der Waals surface area contributed by atoms with E-state index in [1.165, 1.54) is 0 Å². The van der Waals surface area contributed by atoms with Gasteiger partial charge in [-0.25, -0.2) is 4.98 Å². The molecule has 0 fully saturated rings. The molecule has 0 saturated heterocycles. The van der Waals surface area contributed by atoms with Crippen molar-refractivity contribution >= 4 is 11.7 Å². The summed E-state index contributed by atoms with van der Waals surface area (Å²) in [4.78, 5) is 16.4. The minimum absolute atomic E-state index is 0.117. The molecule has 1 rings (SSSR count). The molecule has 0 aliphatic heterocycles. The number of carbonyl (C=O) groups is 1. The molecule has 0 unspecified atom stereocenters. The summed E-state index contributed by atoms with van der Waals surface area (Å²) in [5.74, 6) is 0.583. The lowest BCUT2D eigenvalue weighted by Crippen LogP contribution is -2.28. The molecular weight excluding hydrogens is 258 g/mol. The minimum atomic E-state index is -0.117. The summed E-state index contributed by atoms with van der Waals surface area (Å²) in [6.45, 7) is 4.04. The maximum absolute atomic E-state index is 12.0. The Hall–Kier alpha value is -1.66. The van der Waals surface area contributed by atoms with Crippen molar-refractivity contribution in [1.29, 1.82) is 0 Å². The fourth-order valence-corrected chi connectivity index (χ4v) is 1.61. The molecule has 1 heterocycles. The van der Waals surface area contributed by atoms with Gasteiger partial charge in [0.1, 0.15) is 5.82 Å². The Balaban J connectivity index is 2.46. The van der Waals surface area contributed by atoms with Crippen LogP contribution in [-0.2, 0) is 15.9 Å². The third kappa shape index (κ3) is 5.54. The summed E-state index contributed by atoms with van der Waals surface area (Å²) >= 11 is 0. The molecule has 0 saturated carbocycles. The molecular formula is C14H23N3O3. The zero-order valence-corrected chi connectivity index (χ0v) is 12.4. The lowest BCUT2D eigenvalue weighted by atomic mass is 10.2. The van der Waals surface area contributed by atoms with E-state index in [-0.39, 0.29) is 5.91 Å². The molecule has 20 heavy (non-hydrogen) atoms. The molecule has 0 aliphatic rings. The normalized spacial score (nSPS) is 10.3. The van der Waals surface area contributed by atoms with Crippen LogP contribution in [0.25, 0.3) is 0 Å². The number of hydrogen-bond donors (Lipinski definition) is 2. The molecule has 0 spiro atoms. The van der Waals surface area contributed by atoms with Crippen LogP contribution in [0.5, 0.6) is 0 Å². The van der Waals surface area contributed by atoms with Crippen LogP contribution in [0.15, 0.2) is 12.1 Å². The summed E-state index contributed by atoms with van der Waals surface area (Å²) in [5, 5.41) is 5.78. The standard InChI is InChI=1S/C14H23N3O3/c1-4-12-9-11(10-13(15-2)17-12)14(18)16-5-6-20-8-7-19-3/h9-10H,4-8H2,1-3H3,(H,15,17)(H,16,18). The Morgan fingerprint density at radius 1 is 1.30 bits per heavy atom. The summed E-state index contributed by atoms with van der Waals surface area (Å²) < 4.78 is 10.1. The molecule has 6 nitrogen and oxygen atoms in total. The molecule has 2 N–H and O–H groups in total. The topological polar surface area (TPSA) is 72.5 Å². The molecule has 1 aromatic rings. The summed E-state index contributed by atoms with van der Waals surface area (Å²) in [6.07, 6.45) is 0.788. The molecule has 6 heteroatoms. The second-order valence-electron chi connectivity index (χ2n) is 4.20. The van der Waals surface area contributed by atoms with E-state index >= 15 is 0 Å². The second-order valence-corrected chi connectivity index (χ2v) is 4.20. The monoisotopic (exact) mass is 281 g/mol. The quantitative estimate of drug-likeness (QED) is 0.663. The Morgan fingerprint density at radius 2 is 2.10 bits per heavy atom. The summed E-state index contributed by atoms with van der Waals surface area (Å²) in [7, 11) is 3.41. The Labute approximate surface area is 119 Å². The number of aromatic nitrogens is 1. The van der Waals surface area contributed by atoms with E-state index < -0.39 is 0 Å². The van der Waals surface area contributed by atoms with Crippen molar-refractivity contribution in [3.63, 3.8) is 0 Å². The first-order chi connectivity index (χ1) is 9.71. The van der Waals surface area contributed by atoms with Crippen LogP contribution >= 0.6 is 0 Å². The van der Waals surface area contributed by atoms with Gasteiger partial charge in [0.25, 0.3) is 5.91 Å². The highest BCUT2D eigenvalue weighted by Gasteiger charge is 2.08. The van der Waals surface area contributed by atoms with Gasteiger partial charge >= 0.3 is 0 Å². The van der Waals surface area contributed by atoms with Crippen molar-refractivity contribution < 1.29 is 14.3 Å². The molecule has 1 amide bonds. The third-order valence-corrected chi connectivity index (χ3v) is 2.72. The second kappa shape index (κ2) is 9.28. The van der Waals surface area contributed by atoms with Gasteiger partial charge in [0.15, 0.2) is 0 Å². The van der Waals surface area contributed by atoms with Gasteiger partial charge in [-0.3, -0.25) is 4.79 Å². The highest BCUT2D eigenvalue weighted by Crippen LogP contribution is 2.10. The van der Waals surface area contributed by atoms with E-state index in [9.17, 15) is 4.79 Å². The van der Waals surface area contributed by atoms with Crippen molar-refractivity contribution in [2.45, 2.75) is 13.3 Å². The van der Waals surface area contributed by atoms with Gasteiger partial charge in [-0.1, -0.05) is 6.92 Å². The third-order valence-electron chi connectivity index (χ3n) is 2.72. The number of rotatable bonds is 9. The number of anilines is 1. The first-order valence-electron chi connectivity index (χ1n) is 6.74. The number of nitrogens with one attached hydrogen (secondary N) is 2. The number of methoxy groups -OCH3 is 1. The Kier molecular flexibility index (Phi) is 7.60. The average molecular weight is 281 g/mol. The van der Waals surface area contributed by atoms with E-state index in [0.717, 1.165) is 12.1 Å². The smallest absolute Gasteiger partial charge is 0.251 e. The first kappa shape index (κ1) is 16.4. The van der Waals surface area contributed by atoms with Gasteiger partial charge in [-0.15, -0.1) is 0 Å². The maximum Gasteiger partial charge on any atom is 0.251 e. The van der Waals surface area contributed by atoms with Crippen LogP contribution in [0, 0.1) is 0 Å². The van der Waals surface area contributed by atoms with Crippen LogP contribution in [0.1, 0.15) is 23.0 Å². The predicted octanol–water partition coefficient (Wildman–Crippen LogP) is 1.08. The number of aryl methyl sites for hydroxylation is 1. The molecule has 0 radical (unpaired) electrons. The minimum Gasteiger partial charge on any atom is -0.382 e. The van der Waals surface area contributed by atoms with Crippen LogP contribution in [0.2, 0.25) is 0 Å². The number of hydrogen-bond acceptors (Lipinski definition) is 5. The lowest BCUT2D eigenvalue weighted by molar-refractivity contribution is 0.0692. The number of amides is 1. The van der Waals surface area contributed by atoms with Gasteiger partial charge in [0.2, 0.25) is 0 Å². The van der Waals surface area contributed by atoms with E-state index in [0.29, 0.717) is 37.7 Å². The van der Waals surface area contributed by atoms with Crippen LogP contribution < -0.4 is 10.6 Å². The van der Waals surface area contributed by atoms with Gasteiger partial charge in [0, 0.05) is 32.0 Å². The maximum atomic E-state index is 12.0. The van der Waals surface area contributed by atoms with Crippen molar-refractivity contribution in [3.8, 4) is 0 Å². The SMILES string of the molecule is CCc1cc(C(=O)NCCOCCOC)cc(NC)n1. The van der Waals surface area contributed by atoms with Crippen molar-refractivity contribution in [1.82, 2.24) is 10.3 Å². The molecule has 0 aliphatic carbocycles. The van der Waals surface area contributed by atoms with E-state index in [2.05, 4.69) is 15.6 Å². The van der Waals surface area contributed by atoms with Gasteiger partial charge in [-0.05, 0) is 18.6 Å². The first-order valence-corrected chi connectivity index (χ1v) is 6.74. The summed E-state index contributed by atoms with van der Waals surface area (Å²) in [6, 6.07) is 3.54. The molecule has 0 bridgehead atoms. The van der Waals surface area contributed by atoms with Crippen molar-refractivity contribution in [2.75, 3.05) is 45.8 Å². The number of carbonyl (C=O) groups excluding carboxylic acids is 1. The number of pyridine rings is 1. The van der Waals surface area contributed by atoms with Crippen molar-refractivity contribution in [2.24, 2.45) is 0 Å². The predicted molar refractivity (Wildman–Crippen MR) is 78.2 cm³/mol. The van der Waals surface area contributed by atoms with Gasteiger partial charge in [0.05, 0.1) is 19.8 Å². The highest BCUT2D eigenvalue weighted by molar-refractivity contribution is 5.95.